The number of likely N-dealkylation sites (tertiary alicyclic amines) is 1. The first kappa shape index (κ1) is 13.2. The maximum absolute atomic E-state index is 12.0. The van der Waals surface area contributed by atoms with Gasteiger partial charge in [-0.05, 0) is 18.6 Å². The molecular formula is C13H13N5O3. The van der Waals surface area contributed by atoms with E-state index in [0.29, 0.717) is 5.69 Å². The molecule has 1 fully saturated rings. The normalized spacial score (nSPS) is 13.8. The van der Waals surface area contributed by atoms with Gasteiger partial charge in [0, 0.05) is 19.3 Å². The lowest BCUT2D eigenvalue weighted by Gasteiger charge is -2.30. The third kappa shape index (κ3) is 2.47. The lowest BCUT2D eigenvalue weighted by molar-refractivity contribution is -0.135. The zero-order chi connectivity index (χ0) is 14.8. The van der Waals surface area contributed by atoms with E-state index in [-0.39, 0.29) is 23.8 Å². The predicted octanol–water partition coefficient (Wildman–Crippen LogP) is 0.271. The van der Waals surface area contributed by atoms with E-state index in [2.05, 4.69) is 15.3 Å². The van der Waals surface area contributed by atoms with Crippen LogP contribution in [0.25, 0.3) is 11.4 Å². The van der Waals surface area contributed by atoms with E-state index < -0.39 is 5.97 Å². The first-order chi connectivity index (χ1) is 10.2. The summed E-state index contributed by atoms with van der Waals surface area (Å²) in [6, 6.07) is 5.13. The second-order valence-electron chi connectivity index (χ2n) is 4.70. The molecule has 1 saturated heterocycles. The molecule has 1 aliphatic heterocycles. The SMILES string of the molecule is O=C(O)c1nnn(CC(=O)N2CCC2)c1-c1ccccn1. The number of carbonyl (C=O) groups is 2. The van der Waals surface area contributed by atoms with Crippen molar-refractivity contribution < 1.29 is 14.7 Å². The number of hydrogen-bond acceptors (Lipinski definition) is 5. The van der Waals surface area contributed by atoms with Crippen LogP contribution in [0.5, 0.6) is 0 Å². The summed E-state index contributed by atoms with van der Waals surface area (Å²) < 4.78 is 1.30. The quantitative estimate of drug-likeness (QED) is 0.866. The number of pyridine rings is 1. The molecule has 0 spiro atoms. The van der Waals surface area contributed by atoms with Crippen molar-refractivity contribution in [3.8, 4) is 11.4 Å². The van der Waals surface area contributed by atoms with Crippen molar-refractivity contribution in [1.29, 1.82) is 0 Å². The lowest BCUT2D eigenvalue weighted by atomic mass is 10.2. The molecule has 0 unspecified atom stereocenters. The highest BCUT2D eigenvalue weighted by molar-refractivity contribution is 5.92. The van der Waals surface area contributed by atoms with Crippen molar-refractivity contribution in [2.24, 2.45) is 0 Å². The van der Waals surface area contributed by atoms with Crippen molar-refractivity contribution in [1.82, 2.24) is 24.9 Å². The van der Waals surface area contributed by atoms with Gasteiger partial charge in [0.1, 0.15) is 12.2 Å². The molecule has 108 valence electrons. The Morgan fingerprint density at radius 2 is 2.10 bits per heavy atom. The minimum absolute atomic E-state index is 0.0355. The number of carboxylic acids is 1. The van der Waals surface area contributed by atoms with Crippen LogP contribution < -0.4 is 0 Å². The van der Waals surface area contributed by atoms with E-state index >= 15 is 0 Å². The molecule has 21 heavy (non-hydrogen) atoms. The Balaban J connectivity index is 1.97. The number of carbonyl (C=O) groups excluding carboxylic acids is 1. The van der Waals surface area contributed by atoms with Crippen LogP contribution in [0.3, 0.4) is 0 Å². The van der Waals surface area contributed by atoms with Gasteiger partial charge < -0.3 is 10.0 Å². The van der Waals surface area contributed by atoms with E-state index in [1.807, 2.05) is 0 Å². The number of amides is 1. The molecule has 0 aromatic carbocycles. The molecule has 1 aliphatic rings. The van der Waals surface area contributed by atoms with Crippen LogP contribution in [-0.2, 0) is 11.3 Å². The number of aromatic nitrogens is 4. The van der Waals surface area contributed by atoms with Crippen LogP contribution in [0, 0.1) is 0 Å². The average molecular weight is 287 g/mol. The molecule has 1 amide bonds. The molecule has 0 aliphatic carbocycles. The molecular weight excluding hydrogens is 274 g/mol. The summed E-state index contributed by atoms with van der Waals surface area (Å²) in [6.45, 7) is 1.43. The fourth-order valence-electron chi connectivity index (χ4n) is 2.12. The molecule has 0 bridgehead atoms. The smallest absolute Gasteiger partial charge is 0.358 e. The van der Waals surface area contributed by atoms with E-state index in [4.69, 9.17) is 0 Å². The predicted molar refractivity (Wildman–Crippen MR) is 71.4 cm³/mol. The fourth-order valence-corrected chi connectivity index (χ4v) is 2.12. The summed E-state index contributed by atoms with van der Waals surface area (Å²) in [5.41, 5.74) is 0.471. The fraction of sp³-hybridized carbons (Fsp3) is 0.308. The Labute approximate surface area is 120 Å². The number of carboxylic acid groups (broad SMARTS) is 1. The standard InChI is InChI=1S/C13H13N5O3/c19-10(17-6-3-7-17)8-18-12(9-4-1-2-5-14-9)11(13(20)21)15-16-18/h1-2,4-5H,3,6-8H2,(H,20,21). The van der Waals surface area contributed by atoms with Gasteiger partial charge in [0.05, 0.1) is 5.69 Å². The maximum Gasteiger partial charge on any atom is 0.358 e. The van der Waals surface area contributed by atoms with Gasteiger partial charge in [-0.1, -0.05) is 11.3 Å². The minimum atomic E-state index is -1.20. The van der Waals surface area contributed by atoms with Crippen LogP contribution in [0.2, 0.25) is 0 Å². The summed E-state index contributed by atoms with van der Waals surface area (Å²) in [7, 11) is 0. The summed E-state index contributed by atoms with van der Waals surface area (Å²) in [4.78, 5) is 29.1. The molecule has 8 nitrogen and oxygen atoms in total. The molecule has 3 rings (SSSR count). The highest BCUT2D eigenvalue weighted by Crippen LogP contribution is 2.20. The summed E-state index contributed by atoms with van der Waals surface area (Å²) >= 11 is 0. The Hall–Kier alpha value is -2.77. The number of nitrogens with zero attached hydrogens (tertiary/aromatic N) is 5. The second-order valence-corrected chi connectivity index (χ2v) is 4.70. The zero-order valence-corrected chi connectivity index (χ0v) is 11.1. The summed E-state index contributed by atoms with van der Waals surface area (Å²) in [6.07, 6.45) is 2.55. The van der Waals surface area contributed by atoms with Crippen LogP contribution in [0.4, 0.5) is 0 Å². The third-order valence-corrected chi connectivity index (χ3v) is 3.34. The highest BCUT2D eigenvalue weighted by Gasteiger charge is 2.25. The Morgan fingerprint density at radius 1 is 1.29 bits per heavy atom. The van der Waals surface area contributed by atoms with Crippen molar-refractivity contribution in [3.05, 3.63) is 30.1 Å². The maximum atomic E-state index is 12.0. The Morgan fingerprint density at radius 3 is 2.67 bits per heavy atom. The summed E-state index contributed by atoms with van der Waals surface area (Å²) in [5.74, 6) is -1.29. The van der Waals surface area contributed by atoms with Crippen molar-refractivity contribution in [2.75, 3.05) is 13.1 Å². The van der Waals surface area contributed by atoms with E-state index in [0.717, 1.165) is 19.5 Å². The first-order valence-electron chi connectivity index (χ1n) is 6.53. The van der Waals surface area contributed by atoms with Gasteiger partial charge in [-0.2, -0.15) is 0 Å². The number of aromatic carboxylic acids is 1. The van der Waals surface area contributed by atoms with Gasteiger partial charge >= 0.3 is 5.97 Å². The molecule has 8 heteroatoms. The molecule has 0 atom stereocenters. The molecule has 2 aromatic heterocycles. The van der Waals surface area contributed by atoms with Crippen LogP contribution in [-0.4, -0.2) is 55.0 Å². The Bertz CT molecular complexity index is 678. The third-order valence-electron chi connectivity index (χ3n) is 3.34. The van der Waals surface area contributed by atoms with Crippen molar-refractivity contribution in [2.45, 2.75) is 13.0 Å². The molecule has 0 radical (unpaired) electrons. The molecule has 0 saturated carbocycles. The van der Waals surface area contributed by atoms with Crippen molar-refractivity contribution in [3.63, 3.8) is 0 Å². The van der Waals surface area contributed by atoms with Crippen LogP contribution in [0.15, 0.2) is 24.4 Å². The van der Waals surface area contributed by atoms with Crippen LogP contribution in [0.1, 0.15) is 16.9 Å². The van der Waals surface area contributed by atoms with Gasteiger partial charge in [-0.3, -0.25) is 9.78 Å². The number of rotatable bonds is 4. The van der Waals surface area contributed by atoms with Crippen LogP contribution >= 0.6 is 0 Å². The van der Waals surface area contributed by atoms with Gasteiger partial charge in [0.15, 0.2) is 5.69 Å². The minimum Gasteiger partial charge on any atom is -0.476 e. The second kappa shape index (κ2) is 5.31. The topological polar surface area (TPSA) is 101 Å². The van der Waals surface area contributed by atoms with Gasteiger partial charge in [-0.25, -0.2) is 9.48 Å². The van der Waals surface area contributed by atoms with Gasteiger partial charge in [-0.15, -0.1) is 5.10 Å². The zero-order valence-electron chi connectivity index (χ0n) is 11.1. The molecule has 3 heterocycles. The van der Waals surface area contributed by atoms with E-state index in [1.165, 1.54) is 4.68 Å². The monoisotopic (exact) mass is 287 g/mol. The van der Waals surface area contributed by atoms with E-state index in [9.17, 15) is 14.7 Å². The van der Waals surface area contributed by atoms with Gasteiger partial charge in [0.25, 0.3) is 0 Å². The largest absolute Gasteiger partial charge is 0.476 e. The first-order valence-corrected chi connectivity index (χ1v) is 6.53. The average Bonchev–Trinajstić information content (AvgIpc) is 2.81. The van der Waals surface area contributed by atoms with Crippen molar-refractivity contribution >= 4 is 11.9 Å². The highest BCUT2D eigenvalue weighted by atomic mass is 16.4. The lowest BCUT2D eigenvalue weighted by Crippen LogP contribution is -2.43. The van der Waals surface area contributed by atoms with E-state index in [1.54, 1.807) is 29.3 Å². The van der Waals surface area contributed by atoms with Gasteiger partial charge in [0.2, 0.25) is 5.91 Å². The number of hydrogen-bond donors (Lipinski definition) is 1. The molecule has 2 aromatic rings. The Kier molecular flexibility index (Phi) is 3.35. The molecule has 1 N–H and O–H groups in total. The summed E-state index contributed by atoms with van der Waals surface area (Å²) in [5, 5.41) is 16.6.